The second kappa shape index (κ2) is 5.43. The van der Waals surface area contributed by atoms with Crippen molar-refractivity contribution in [1.29, 1.82) is 0 Å². The molecule has 1 aliphatic rings. The highest BCUT2D eigenvalue weighted by Crippen LogP contribution is 2.14. The van der Waals surface area contributed by atoms with Gasteiger partial charge < -0.3 is 4.90 Å². The van der Waals surface area contributed by atoms with E-state index in [1.165, 1.54) is 12.8 Å². The summed E-state index contributed by atoms with van der Waals surface area (Å²) in [6.07, 6.45) is 5.32. The van der Waals surface area contributed by atoms with Crippen molar-refractivity contribution in [2.75, 3.05) is 13.1 Å². The topological polar surface area (TPSA) is 33.2 Å². The number of carbonyl (C=O) groups is 1. The lowest BCUT2D eigenvalue weighted by Gasteiger charge is -2.19. The van der Waals surface area contributed by atoms with E-state index in [1.54, 1.807) is 11.3 Å². The predicted octanol–water partition coefficient (Wildman–Crippen LogP) is 2.40. The highest BCUT2D eigenvalue weighted by molar-refractivity contribution is 7.09. The third-order valence-electron chi connectivity index (χ3n) is 2.93. The Bertz CT molecular complexity index is 354. The average Bonchev–Trinajstić information content (AvgIpc) is 2.56. The standard InChI is InChI=1S/C12H18N2OS/c1-10-9-16-11(13-10)8-12(15)14-6-4-2-3-5-7-14/h9H,2-8H2,1H3. The summed E-state index contributed by atoms with van der Waals surface area (Å²) < 4.78 is 0. The van der Waals surface area contributed by atoms with Gasteiger partial charge in [-0.3, -0.25) is 4.79 Å². The number of hydrogen-bond acceptors (Lipinski definition) is 3. The van der Waals surface area contributed by atoms with E-state index in [2.05, 4.69) is 4.98 Å². The van der Waals surface area contributed by atoms with Gasteiger partial charge in [0.25, 0.3) is 0 Å². The smallest absolute Gasteiger partial charge is 0.229 e. The van der Waals surface area contributed by atoms with Crippen LogP contribution < -0.4 is 0 Å². The Balaban J connectivity index is 1.91. The normalized spacial score (nSPS) is 17.2. The summed E-state index contributed by atoms with van der Waals surface area (Å²) in [5.41, 5.74) is 1.02. The molecule has 88 valence electrons. The summed E-state index contributed by atoms with van der Waals surface area (Å²) in [4.78, 5) is 18.4. The van der Waals surface area contributed by atoms with Gasteiger partial charge in [0.05, 0.1) is 6.42 Å². The van der Waals surface area contributed by atoms with Crippen molar-refractivity contribution in [2.24, 2.45) is 0 Å². The lowest BCUT2D eigenvalue weighted by atomic mass is 10.2. The highest BCUT2D eigenvalue weighted by Gasteiger charge is 2.16. The maximum atomic E-state index is 12.0. The van der Waals surface area contributed by atoms with Crippen LogP contribution in [0.2, 0.25) is 0 Å². The van der Waals surface area contributed by atoms with Crippen LogP contribution in [0.5, 0.6) is 0 Å². The molecule has 0 bridgehead atoms. The van der Waals surface area contributed by atoms with Crippen molar-refractivity contribution in [3.05, 3.63) is 16.1 Å². The molecule has 0 atom stereocenters. The van der Waals surface area contributed by atoms with E-state index in [0.717, 1.165) is 36.6 Å². The SMILES string of the molecule is Cc1csc(CC(=O)N2CCCCCC2)n1. The largest absolute Gasteiger partial charge is 0.342 e. The molecule has 4 heteroatoms. The van der Waals surface area contributed by atoms with Gasteiger partial charge in [0.2, 0.25) is 5.91 Å². The molecule has 0 radical (unpaired) electrons. The molecule has 0 aromatic carbocycles. The van der Waals surface area contributed by atoms with Crippen molar-refractivity contribution in [3.8, 4) is 0 Å². The molecule has 0 N–H and O–H groups in total. The number of thiazole rings is 1. The van der Waals surface area contributed by atoms with Crippen LogP contribution in [-0.2, 0) is 11.2 Å². The van der Waals surface area contributed by atoms with Gasteiger partial charge >= 0.3 is 0 Å². The molecular formula is C12H18N2OS. The van der Waals surface area contributed by atoms with Crippen LogP contribution in [0.25, 0.3) is 0 Å². The summed E-state index contributed by atoms with van der Waals surface area (Å²) in [5, 5.41) is 2.96. The fourth-order valence-electron chi connectivity index (χ4n) is 2.05. The van der Waals surface area contributed by atoms with Gasteiger partial charge in [0.15, 0.2) is 0 Å². The predicted molar refractivity (Wildman–Crippen MR) is 65.6 cm³/mol. The Morgan fingerprint density at radius 1 is 1.38 bits per heavy atom. The van der Waals surface area contributed by atoms with E-state index in [-0.39, 0.29) is 5.91 Å². The summed E-state index contributed by atoms with van der Waals surface area (Å²) in [5.74, 6) is 0.247. The Labute approximate surface area is 100 Å². The fraction of sp³-hybridized carbons (Fsp3) is 0.667. The minimum Gasteiger partial charge on any atom is -0.342 e. The molecule has 1 saturated heterocycles. The minimum atomic E-state index is 0.247. The number of hydrogen-bond donors (Lipinski definition) is 0. The van der Waals surface area contributed by atoms with Crippen molar-refractivity contribution in [3.63, 3.8) is 0 Å². The zero-order valence-corrected chi connectivity index (χ0v) is 10.6. The number of nitrogens with zero attached hydrogens (tertiary/aromatic N) is 2. The van der Waals surface area contributed by atoms with E-state index < -0.39 is 0 Å². The molecule has 3 nitrogen and oxygen atoms in total. The molecule has 1 aliphatic heterocycles. The first-order valence-corrected chi connectivity index (χ1v) is 6.82. The molecule has 2 heterocycles. The number of aryl methyl sites for hydroxylation is 1. The Morgan fingerprint density at radius 3 is 2.62 bits per heavy atom. The van der Waals surface area contributed by atoms with Crippen molar-refractivity contribution in [1.82, 2.24) is 9.88 Å². The molecule has 1 aromatic heterocycles. The molecule has 2 rings (SSSR count). The van der Waals surface area contributed by atoms with E-state index in [1.807, 2.05) is 17.2 Å². The van der Waals surface area contributed by atoms with Crippen molar-refractivity contribution < 1.29 is 4.79 Å². The molecule has 1 amide bonds. The summed E-state index contributed by atoms with van der Waals surface area (Å²) in [6, 6.07) is 0. The van der Waals surface area contributed by atoms with Gasteiger partial charge in [-0.1, -0.05) is 12.8 Å². The number of rotatable bonds is 2. The van der Waals surface area contributed by atoms with E-state index in [9.17, 15) is 4.79 Å². The molecular weight excluding hydrogens is 220 g/mol. The summed E-state index contributed by atoms with van der Waals surface area (Å²) >= 11 is 1.59. The molecule has 1 aromatic rings. The van der Waals surface area contributed by atoms with E-state index >= 15 is 0 Å². The number of likely N-dealkylation sites (tertiary alicyclic amines) is 1. The van der Waals surface area contributed by atoms with Gasteiger partial charge in [-0.05, 0) is 19.8 Å². The van der Waals surface area contributed by atoms with Crippen LogP contribution in [0, 0.1) is 6.92 Å². The van der Waals surface area contributed by atoms with Gasteiger partial charge in [0, 0.05) is 24.2 Å². The van der Waals surface area contributed by atoms with Crippen LogP contribution in [0.3, 0.4) is 0 Å². The Morgan fingerprint density at radius 2 is 2.06 bits per heavy atom. The highest BCUT2D eigenvalue weighted by atomic mass is 32.1. The van der Waals surface area contributed by atoms with Crippen LogP contribution in [0.1, 0.15) is 36.4 Å². The van der Waals surface area contributed by atoms with Gasteiger partial charge in [-0.2, -0.15) is 0 Å². The third kappa shape index (κ3) is 3.04. The van der Waals surface area contributed by atoms with E-state index in [4.69, 9.17) is 0 Å². The van der Waals surface area contributed by atoms with Crippen LogP contribution in [-0.4, -0.2) is 28.9 Å². The molecule has 1 fully saturated rings. The monoisotopic (exact) mass is 238 g/mol. The van der Waals surface area contributed by atoms with Crippen LogP contribution in [0.15, 0.2) is 5.38 Å². The van der Waals surface area contributed by atoms with Gasteiger partial charge in [0.1, 0.15) is 5.01 Å². The lowest BCUT2D eigenvalue weighted by molar-refractivity contribution is -0.130. The van der Waals surface area contributed by atoms with Gasteiger partial charge in [-0.15, -0.1) is 11.3 Å². The van der Waals surface area contributed by atoms with Gasteiger partial charge in [-0.25, -0.2) is 4.98 Å². The third-order valence-corrected chi connectivity index (χ3v) is 3.89. The molecule has 0 saturated carbocycles. The maximum Gasteiger partial charge on any atom is 0.229 e. The van der Waals surface area contributed by atoms with Crippen LogP contribution in [0.4, 0.5) is 0 Å². The van der Waals surface area contributed by atoms with E-state index in [0.29, 0.717) is 6.42 Å². The molecule has 0 unspecified atom stereocenters. The first-order chi connectivity index (χ1) is 7.75. The van der Waals surface area contributed by atoms with Crippen molar-refractivity contribution in [2.45, 2.75) is 39.0 Å². The zero-order chi connectivity index (χ0) is 11.4. The molecule has 0 aliphatic carbocycles. The second-order valence-corrected chi connectivity index (χ2v) is 5.30. The summed E-state index contributed by atoms with van der Waals surface area (Å²) in [6.45, 7) is 3.84. The molecule has 0 spiro atoms. The Kier molecular flexibility index (Phi) is 3.93. The van der Waals surface area contributed by atoms with Crippen molar-refractivity contribution >= 4 is 17.2 Å². The number of aromatic nitrogens is 1. The quantitative estimate of drug-likeness (QED) is 0.792. The Hall–Kier alpha value is -0.900. The average molecular weight is 238 g/mol. The second-order valence-electron chi connectivity index (χ2n) is 4.35. The zero-order valence-electron chi connectivity index (χ0n) is 9.74. The first kappa shape index (κ1) is 11.6. The first-order valence-electron chi connectivity index (χ1n) is 5.94. The number of amides is 1. The summed E-state index contributed by atoms with van der Waals surface area (Å²) in [7, 11) is 0. The number of carbonyl (C=O) groups excluding carboxylic acids is 1. The molecule has 16 heavy (non-hydrogen) atoms. The van der Waals surface area contributed by atoms with Crippen LogP contribution >= 0.6 is 11.3 Å². The maximum absolute atomic E-state index is 12.0. The fourth-order valence-corrected chi connectivity index (χ4v) is 2.81. The minimum absolute atomic E-state index is 0.247. The lowest BCUT2D eigenvalue weighted by Crippen LogP contribution is -2.33.